The Hall–Kier alpha value is -2.31. The monoisotopic (exact) mass is 344 g/mol. The molecule has 0 unspecified atom stereocenters. The Bertz CT molecular complexity index is 947. The van der Waals surface area contributed by atoms with Gasteiger partial charge in [-0.25, -0.2) is 8.42 Å². The summed E-state index contributed by atoms with van der Waals surface area (Å²) >= 11 is 0. The van der Waals surface area contributed by atoms with Crippen molar-refractivity contribution in [3.8, 4) is 5.75 Å². The average molecular weight is 344 g/mol. The molecule has 0 radical (unpaired) electrons. The Morgan fingerprint density at radius 2 is 1.83 bits per heavy atom. The van der Waals surface area contributed by atoms with Crippen LogP contribution < -0.4 is 10.1 Å². The van der Waals surface area contributed by atoms with Crippen LogP contribution in [-0.4, -0.2) is 33.2 Å². The van der Waals surface area contributed by atoms with Gasteiger partial charge in [-0.3, -0.25) is 0 Å². The first-order valence-electron chi connectivity index (χ1n) is 7.71. The fraction of sp³-hybridized carbons (Fsp3) is 0.222. The Morgan fingerprint density at radius 3 is 2.54 bits per heavy atom. The highest BCUT2D eigenvalue weighted by Gasteiger charge is 2.23. The second kappa shape index (κ2) is 6.67. The number of aryl methyl sites for hydroxylation is 1. The maximum Gasteiger partial charge on any atom is 0.208 e. The van der Waals surface area contributed by atoms with Crippen LogP contribution in [0.2, 0.25) is 0 Å². The number of sulfone groups is 1. The zero-order valence-corrected chi connectivity index (χ0v) is 14.5. The molecule has 6 heteroatoms. The van der Waals surface area contributed by atoms with Gasteiger partial charge in [-0.2, -0.15) is 0 Å². The second-order valence-electron chi connectivity index (χ2n) is 5.53. The van der Waals surface area contributed by atoms with E-state index in [2.05, 4.69) is 5.32 Å². The second-order valence-corrected chi connectivity index (χ2v) is 7.44. The van der Waals surface area contributed by atoms with E-state index in [0.717, 1.165) is 12.1 Å². The summed E-state index contributed by atoms with van der Waals surface area (Å²) in [5.41, 5.74) is 0.781. The molecule has 5 nitrogen and oxygen atoms in total. The number of aromatic nitrogens is 1. The van der Waals surface area contributed by atoms with Gasteiger partial charge in [0.25, 0.3) is 0 Å². The molecule has 0 bridgehead atoms. The summed E-state index contributed by atoms with van der Waals surface area (Å²) in [5, 5.41) is 3.69. The number of hydrogen-bond donors (Lipinski definition) is 1. The van der Waals surface area contributed by atoms with Gasteiger partial charge in [0.05, 0.1) is 15.3 Å². The lowest BCUT2D eigenvalue weighted by Gasteiger charge is -2.09. The summed E-state index contributed by atoms with van der Waals surface area (Å²) < 4.78 is 33.5. The van der Waals surface area contributed by atoms with Gasteiger partial charge in [-0.1, -0.05) is 30.3 Å². The first kappa shape index (κ1) is 16.5. The van der Waals surface area contributed by atoms with Crippen LogP contribution in [-0.2, 0) is 16.9 Å². The molecule has 0 atom stereocenters. The first-order chi connectivity index (χ1) is 11.6. The maximum atomic E-state index is 13.0. The molecule has 1 N–H and O–H groups in total. The van der Waals surface area contributed by atoms with E-state index in [0.29, 0.717) is 27.5 Å². The van der Waals surface area contributed by atoms with Crippen molar-refractivity contribution in [3.05, 3.63) is 54.7 Å². The Kier molecular flexibility index (Phi) is 4.59. The van der Waals surface area contributed by atoms with Gasteiger partial charge in [-0.15, -0.1) is 0 Å². The lowest BCUT2D eigenvalue weighted by Crippen LogP contribution is -2.16. The molecule has 0 fully saturated rings. The van der Waals surface area contributed by atoms with Gasteiger partial charge in [0.1, 0.15) is 12.4 Å². The van der Waals surface area contributed by atoms with Gasteiger partial charge >= 0.3 is 0 Å². The maximum absolute atomic E-state index is 13.0. The van der Waals surface area contributed by atoms with Crippen molar-refractivity contribution < 1.29 is 13.2 Å². The van der Waals surface area contributed by atoms with Gasteiger partial charge in [0.2, 0.25) is 9.84 Å². The highest BCUT2D eigenvalue weighted by atomic mass is 32.2. The van der Waals surface area contributed by atoms with Gasteiger partial charge < -0.3 is 14.6 Å². The van der Waals surface area contributed by atoms with Crippen molar-refractivity contribution in [2.24, 2.45) is 7.05 Å². The molecular weight excluding hydrogens is 324 g/mol. The fourth-order valence-corrected chi connectivity index (χ4v) is 4.24. The summed E-state index contributed by atoms with van der Waals surface area (Å²) in [4.78, 5) is 0.587. The number of ether oxygens (including phenoxy) is 1. The predicted molar refractivity (Wildman–Crippen MR) is 94.2 cm³/mol. The number of benzene rings is 2. The highest BCUT2D eigenvalue weighted by Crippen LogP contribution is 2.34. The number of likely N-dealkylation sites (N-methyl/N-ethyl adjacent to an activating group) is 1. The van der Waals surface area contributed by atoms with Crippen molar-refractivity contribution in [2.75, 3.05) is 20.2 Å². The average Bonchev–Trinajstić information content (AvgIpc) is 2.95. The smallest absolute Gasteiger partial charge is 0.208 e. The molecular formula is C18H20N2O3S. The number of para-hydroxylation sites is 1. The predicted octanol–water partition coefficient (Wildman–Crippen LogP) is 2.61. The minimum atomic E-state index is -3.58. The molecule has 126 valence electrons. The lowest BCUT2D eigenvalue weighted by molar-refractivity contribution is 0.321. The molecule has 0 saturated heterocycles. The van der Waals surface area contributed by atoms with Crippen molar-refractivity contribution in [1.82, 2.24) is 9.88 Å². The van der Waals surface area contributed by atoms with Crippen LogP contribution in [0.15, 0.2) is 64.5 Å². The Balaban J connectivity index is 2.13. The summed E-state index contributed by atoms with van der Waals surface area (Å²) in [6.07, 6.45) is 1.65. The standard InChI is InChI=1S/C18H20N2O3S/c1-19-11-12-23-16-10-6-9-15-17(13-20(2)18(15)16)24(21,22)14-7-4-3-5-8-14/h3-10,13,19H,11-12H2,1-2H3. The lowest BCUT2D eigenvalue weighted by atomic mass is 10.2. The van der Waals surface area contributed by atoms with Crippen LogP contribution >= 0.6 is 0 Å². The van der Waals surface area contributed by atoms with E-state index in [1.165, 1.54) is 0 Å². The number of rotatable bonds is 6. The summed E-state index contributed by atoms with van der Waals surface area (Å²) in [7, 11) is 0.113. The van der Waals surface area contributed by atoms with Gasteiger partial charge in [0, 0.05) is 25.2 Å². The van der Waals surface area contributed by atoms with Crippen LogP contribution in [0, 0.1) is 0 Å². The van der Waals surface area contributed by atoms with E-state index >= 15 is 0 Å². The molecule has 0 spiro atoms. The van der Waals surface area contributed by atoms with E-state index < -0.39 is 9.84 Å². The van der Waals surface area contributed by atoms with E-state index in [4.69, 9.17) is 4.74 Å². The SMILES string of the molecule is CNCCOc1cccc2c(S(=O)(=O)c3ccccc3)cn(C)c12. The zero-order chi connectivity index (χ0) is 17.2. The molecule has 1 heterocycles. The fourth-order valence-electron chi connectivity index (χ4n) is 2.72. The van der Waals surface area contributed by atoms with E-state index in [1.807, 2.05) is 32.3 Å². The molecule has 3 aromatic rings. The molecule has 3 rings (SSSR count). The van der Waals surface area contributed by atoms with Crippen LogP contribution in [0.4, 0.5) is 0 Å². The van der Waals surface area contributed by atoms with E-state index in [1.54, 1.807) is 41.1 Å². The third-order valence-electron chi connectivity index (χ3n) is 3.88. The number of nitrogens with zero attached hydrogens (tertiary/aromatic N) is 1. The quantitative estimate of drug-likeness (QED) is 0.698. The molecule has 0 amide bonds. The number of hydrogen-bond acceptors (Lipinski definition) is 4. The normalized spacial score (nSPS) is 11.8. The molecule has 0 saturated carbocycles. The Morgan fingerprint density at radius 1 is 1.08 bits per heavy atom. The number of nitrogens with one attached hydrogen (secondary N) is 1. The minimum Gasteiger partial charge on any atom is -0.490 e. The molecule has 0 aliphatic carbocycles. The topological polar surface area (TPSA) is 60.3 Å². The zero-order valence-electron chi connectivity index (χ0n) is 13.7. The van der Waals surface area contributed by atoms with Crippen molar-refractivity contribution in [2.45, 2.75) is 9.79 Å². The minimum absolute atomic E-state index is 0.291. The van der Waals surface area contributed by atoms with E-state index in [-0.39, 0.29) is 0 Å². The third kappa shape index (κ3) is 2.90. The molecule has 24 heavy (non-hydrogen) atoms. The Labute approximate surface area is 141 Å². The largest absolute Gasteiger partial charge is 0.490 e. The van der Waals surface area contributed by atoms with Gasteiger partial charge in [0.15, 0.2) is 0 Å². The number of fused-ring (bicyclic) bond motifs is 1. The summed E-state index contributed by atoms with van der Waals surface area (Å²) in [6.45, 7) is 1.23. The van der Waals surface area contributed by atoms with Crippen molar-refractivity contribution >= 4 is 20.7 Å². The molecule has 0 aliphatic heterocycles. The summed E-state index contributed by atoms with van der Waals surface area (Å²) in [5.74, 6) is 0.680. The summed E-state index contributed by atoms with van der Waals surface area (Å²) in [6, 6.07) is 14.0. The molecule has 0 aliphatic rings. The molecule has 2 aromatic carbocycles. The van der Waals surface area contributed by atoms with Crippen LogP contribution in [0.3, 0.4) is 0 Å². The van der Waals surface area contributed by atoms with Crippen LogP contribution in [0.1, 0.15) is 0 Å². The van der Waals surface area contributed by atoms with Gasteiger partial charge in [-0.05, 0) is 25.2 Å². The van der Waals surface area contributed by atoms with Crippen molar-refractivity contribution in [3.63, 3.8) is 0 Å². The van der Waals surface area contributed by atoms with E-state index in [9.17, 15) is 8.42 Å². The third-order valence-corrected chi connectivity index (χ3v) is 5.68. The van der Waals surface area contributed by atoms with Crippen LogP contribution in [0.5, 0.6) is 5.75 Å². The first-order valence-corrected chi connectivity index (χ1v) is 9.19. The van der Waals surface area contributed by atoms with Crippen molar-refractivity contribution in [1.29, 1.82) is 0 Å². The van der Waals surface area contributed by atoms with Crippen LogP contribution in [0.25, 0.3) is 10.9 Å². The highest BCUT2D eigenvalue weighted by molar-refractivity contribution is 7.91. The molecule has 1 aromatic heterocycles.